The van der Waals surface area contributed by atoms with Crippen LogP contribution in [0.4, 0.5) is 4.39 Å². The second-order valence-corrected chi connectivity index (χ2v) is 10.4. The molecule has 4 saturated carbocycles. The fourth-order valence-electron chi connectivity index (χ4n) is 7.35. The number of hydrogen-bond acceptors (Lipinski definition) is 5. The summed E-state index contributed by atoms with van der Waals surface area (Å²) >= 11 is 0. The molecule has 0 spiro atoms. The van der Waals surface area contributed by atoms with Gasteiger partial charge in [-0.05, 0) is 60.8 Å². The van der Waals surface area contributed by atoms with Crippen LogP contribution in [0.1, 0.15) is 52.4 Å². The molecule has 8 atom stereocenters. The third-order valence-electron chi connectivity index (χ3n) is 7.43. The van der Waals surface area contributed by atoms with E-state index in [9.17, 15) is 19.7 Å². The molecule has 0 saturated heterocycles. The standard InChI is InChI=1S/C21H34FNO4/c1-19-6-13-7-20(2,10-19)12-21(8-13,11-19)27-4-3-23-15-5-14(9-22)16(24)18(26)17(15)25/h5,13,15-18,23-26H,3-4,6-12H2,1-2H3/t13?,15-,16+,17+,18+,19-,20+,21?/m1/s1. The van der Waals surface area contributed by atoms with E-state index >= 15 is 0 Å². The van der Waals surface area contributed by atoms with Crippen LogP contribution in [0, 0.1) is 16.7 Å². The van der Waals surface area contributed by atoms with Crippen LogP contribution in [-0.2, 0) is 4.74 Å². The molecule has 5 aliphatic carbocycles. The third kappa shape index (κ3) is 3.60. The van der Waals surface area contributed by atoms with Crippen LogP contribution in [0.2, 0.25) is 0 Å². The van der Waals surface area contributed by atoms with Crippen molar-refractivity contribution in [3.63, 3.8) is 0 Å². The topological polar surface area (TPSA) is 82.0 Å². The second kappa shape index (κ2) is 6.77. The van der Waals surface area contributed by atoms with Crippen LogP contribution in [0.5, 0.6) is 0 Å². The smallest absolute Gasteiger partial charge is 0.113 e. The predicted molar refractivity (Wildman–Crippen MR) is 100.0 cm³/mol. The highest BCUT2D eigenvalue weighted by molar-refractivity contribution is 5.21. The highest BCUT2D eigenvalue weighted by Crippen LogP contribution is 2.67. The molecule has 2 unspecified atom stereocenters. The number of aliphatic hydroxyl groups excluding tert-OH is 3. The number of halogens is 1. The van der Waals surface area contributed by atoms with Crippen molar-refractivity contribution >= 4 is 0 Å². The Labute approximate surface area is 161 Å². The first kappa shape index (κ1) is 19.8. The minimum atomic E-state index is -1.37. The molecule has 0 aliphatic heterocycles. The second-order valence-electron chi connectivity index (χ2n) is 10.4. The normalized spacial score (nSPS) is 51.5. The van der Waals surface area contributed by atoms with Crippen LogP contribution < -0.4 is 5.32 Å². The summed E-state index contributed by atoms with van der Waals surface area (Å²) in [5.41, 5.74) is 0.902. The zero-order valence-corrected chi connectivity index (χ0v) is 16.5. The van der Waals surface area contributed by atoms with Gasteiger partial charge in [0.2, 0.25) is 0 Å². The van der Waals surface area contributed by atoms with E-state index in [0.717, 1.165) is 25.2 Å². The van der Waals surface area contributed by atoms with E-state index in [1.165, 1.54) is 25.3 Å². The highest BCUT2D eigenvalue weighted by Gasteiger charge is 2.60. The summed E-state index contributed by atoms with van der Waals surface area (Å²) in [6.45, 7) is 5.04. The molecular formula is C21H34FNO4. The van der Waals surface area contributed by atoms with Gasteiger partial charge in [0.25, 0.3) is 0 Å². The quantitative estimate of drug-likeness (QED) is 0.415. The molecule has 27 heavy (non-hydrogen) atoms. The van der Waals surface area contributed by atoms with Crippen LogP contribution in [0.15, 0.2) is 11.6 Å². The van der Waals surface area contributed by atoms with Crippen molar-refractivity contribution in [2.75, 3.05) is 19.8 Å². The van der Waals surface area contributed by atoms with Gasteiger partial charge in [-0.3, -0.25) is 0 Å². The summed E-state index contributed by atoms with van der Waals surface area (Å²) in [4.78, 5) is 0. The first-order chi connectivity index (χ1) is 12.7. The van der Waals surface area contributed by atoms with E-state index < -0.39 is 31.0 Å². The molecule has 6 heteroatoms. The molecule has 5 nitrogen and oxygen atoms in total. The Hall–Kier alpha value is -0.530. The minimum Gasteiger partial charge on any atom is -0.388 e. The van der Waals surface area contributed by atoms with E-state index in [4.69, 9.17) is 4.74 Å². The van der Waals surface area contributed by atoms with Crippen molar-refractivity contribution in [1.82, 2.24) is 5.32 Å². The van der Waals surface area contributed by atoms with Gasteiger partial charge in [0.15, 0.2) is 0 Å². The van der Waals surface area contributed by atoms with Crippen LogP contribution in [0.3, 0.4) is 0 Å². The van der Waals surface area contributed by atoms with E-state index in [1.807, 2.05) is 0 Å². The summed E-state index contributed by atoms with van der Waals surface area (Å²) in [6, 6.07) is -0.579. The van der Waals surface area contributed by atoms with E-state index in [1.54, 1.807) is 0 Å². The molecule has 4 bridgehead atoms. The SMILES string of the molecule is C[C@]12CC3CC(OCCN[C@@H]4C=C(CF)[C@H](O)[C@H](O)[C@H]4O)(C1)C[C@@](C)(C3)C2. The average Bonchev–Trinajstić information content (AvgIpc) is 2.55. The first-order valence-electron chi connectivity index (χ1n) is 10.3. The maximum absolute atomic E-state index is 13.0. The van der Waals surface area contributed by atoms with Crippen molar-refractivity contribution in [2.24, 2.45) is 16.7 Å². The Morgan fingerprint density at radius 3 is 2.33 bits per heavy atom. The number of ether oxygens (including phenoxy) is 1. The van der Waals surface area contributed by atoms with Crippen molar-refractivity contribution in [1.29, 1.82) is 0 Å². The fraction of sp³-hybridized carbons (Fsp3) is 0.905. The Morgan fingerprint density at radius 2 is 1.74 bits per heavy atom. The molecule has 4 N–H and O–H groups in total. The van der Waals surface area contributed by atoms with Crippen LogP contribution in [0.25, 0.3) is 0 Å². The lowest BCUT2D eigenvalue weighted by Crippen LogP contribution is -2.60. The maximum atomic E-state index is 13.0. The molecule has 0 heterocycles. The zero-order chi connectivity index (χ0) is 19.4. The van der Waals surface area contributed by atoms with Crippen LogP contribution >= 0.6 is 0 Å². The molecule has 5 rings (SSSR count). The number of nitrogens with one attached hydrogen (secondary N) is 1. The van der Waals surface area contributed by atoms with Gasteiger partial charge >= 0.3 is 0 Å². The van der Waals surface area contributed by atoms with Gasteiger partial charge in [0, 0.05) is 6.54 Å². The highest BCUT2D eigenvalue weighted by atomic mass is 19.1. The fourth-order valence-corrected chi connectivity index (χ4v) is 7.35. The Morgan fingerprint density at radius 1 is 1.07 bits per heavy atom. The third-order valence-corrected chi connectivity index (χ3v) is 7.43. The van der Waals surface area contributed by atoms with Gasteiger partial charge in [-0.15, -0.1) is 0 Å². The summed E-state index contributed by atoms with van der Waals surface area (Å²) < 4.78 is 19.5. The van der Waals surface area contributed by atoms with Crippen molar-refractivity contribution in [3.8, 4) is 0 Å². The monoisotopic (exact) mass is 383 g/mol. The van der Waals surface area contributed by atoms with Gasteiger partial charge in [0.05, 0.1) is 18.2 Å². The van der Waals surface area contributed by atoms with Gasteiger partial charge in [-0.25, -0.2) is 4.39 Å². The summed E-state index contributed by atoms with van der Waals surface area (Å²) in [7, 11) is 0. The Bertz CT molecular complexity index is 593. The Balaban J connectivity index is 1.34. The molecule has 0 amide bonds. The molecular weight excluding hydrogens is 349 g/mol. The molecule has 154 valence electrons. The summed E-state index contributed by atoms with van der Waals surface area (Å²) in [5.74, 6) is 0.774. The number of rotatable bonds is 6. The van der Waals surface area contributed by atoms with E-state index in [-0.39, 0.29) is 11.2 Å². The van der Waals surface area contributed by atoms with Gasteiger partial charge in [-0.1, -0.05) is 19.9 Å². The number of aliphatic hydroxyl groups is 3. The first-order valence-corrected chi connectivity index (χ1v) is 10.3. The van der Waals surface area contributed by atoms with Gasteiger partial charge in [-0.2, -0.15) is 0 Å². The minimum absolute atomic E-state index is 0.0224. The van der Waals surface area contributed by atoms with Crippen molar-refractivity contribution in [2.45, 2.75) is 82.3 Å². The molecule has 4 fully saturated rings. The molecule has 0 aromatic heterocycles. The largest absolute Gasteiger partial charge is 0.388 e. The Kier molecular flexibility index (Phi) is 4.96. The maximum Gasteiger partial charge on any atom is 0.113 e. The number of hydrogen-bond donors (Lipinski definition) is 4. The van der Waals surface area contributed by atoms with E-state index in [0.29, 0.717) is 24.0 Å². The number of alkyl halides is 1. The molecule has 0 aromatic carbocycles. The molecule has 0 radical (unpaired) electrons. The zero-order valence-electron chi connectivity index (χ0n) is 16.5. The lowest BCUT2D eigenvalue weighted by molar-refractivity contribution is -0.213. The van der Waals surface area contributed by atoms with Crippen molar-refractivity contribution < 1.29 is 24.4 Å². The average molecular weight is 384 g/mol. The lowest BCUT2D eigenvalue weighted by atomic mass is 9.43. The summed E-state index contributed by atoms with van der Waals surface area (Å²) in [6.07, 6.45) is 5.02. The van der Waals surface area contributed by atoms with Crippen molar-refractivity contribution in [3.05, 3.63) is 11.6 Å². The van der Waals surface area contributed by atoms with E-state index in [2.05, 4.69) is 19.2 Å². The summed E-state index contributed by atoms with van der Waals surface area (Å²) in [5, 5.41) is 33.0. The van der Waals surface area contributed by atoms with Gasteiger partial charge in [0.1, 0.15) is 25.0 Å². The predicted octanol–water partition coefficient (Wildman–Crippen LogP) is 1.70. The lowest BCUT2D eigenvalue weighted by Gasteiger charge is -2.65. The molecule has 5 aliphatic rings. The molecule has 0 aromatic rings. The van der Waals surface area contributed by atoms with Gasteiger partial charge < -0.3 is 25.4 Å². The van der Waals surface area contributed by atoms with Crippen LogP contribution in [-0.4, -0.2) is 65.1 Å².